The number of aromatic amines is 1. The van der Waals surface area contributed by atoms with E-state index in [0.29, 0.717) is 17.3 Å². The van der Waals surface area contributed by atoms with Gasteiger partial charge in [-0.05, 0) is 12.1 Å². The maximum Gasteiger partial charge on any atom is 0.348 e. The molecule has 5 heteroatoms. The molecule has 2 aromatic rings. The molecule has 0 bridgehead atoms. The van der Waals surface area contributed by atoms with E-state index in [4.69, 9.17) is 4.74 Å². The Morgan fingerprint density at radius 2 is 2.06 bits per heavy atom. The summed E-state index contributed by atoms with van der Waals surface area (Å²) in [5.74, 6) is 1.36. The maximum atomic E-state index is 11.9. The van der Waals surface area contributed by atoms with Gasteiger partial charge in [0.1, 0.15) is 11.6 Å². The predicted molar refractivity (Wildman–Crippen MR) is 69.4 cm³/mol. The molecule has 0 aliphatic heterocycles. The molecule has 18 heavy (non-hydrogen) atoms. The van der Waals surface area contributed by atoms with Gasteiger partial charge in [0, 0.05) is 11.5 Å². The van der Waals surface area contributed by atoms with Crippen molar-refractivity contribution in [2.75, 3.05) is 7.11 Å². The molecule has 1 aromatic heterocycles. The Balaban J connectivity index is 2.51. The molecule has 0 saturated heterocycles. The van der Waals surface area contributed by atoms with Gasteiger partial charge in [-0.15, -0.1) is 5.10 Å². The van der Waals surface area contributed by atoms with Crippen LogP contribution in [0.4, 0.5) is 0 Å². The van der Waals surface area contributed by atoms with Crippen LogP contribution < -0.4 is 10.4 Å². The Labute approximate surface area is 105 Å². The Bertz CT molecular complexity index is 605. The zero-order valence-electron chi connectivity index (χ0n) is 11.0. The number of rotatable bonds is 2. The molecule has 0 atom stereocenters. The molecule has 96 valence electrons. The average Bonchev–Trinajstić information content (AvgIpc) is 2.71. The van der Waals surface area contributed by atoms with Gasteiger partial charge < -0.3 is 4.74 Å². The quantitative estimate of drug-likeness (QED) is 0.881. The highest BCUT2D eigenvalue weighted by molar-refractivity contribution is 5.38. The van der Waals surface area contributed by atoms with Crippen molar-refractivity contribution in [3.63, 3.8) is 0 Å². The van der Waals surface area contributed by atoms with Crippen molar-refractivity contribution in [2.24, 2.45) is 0 Å². The van der Waals surface area contributed by atoms with E-state index in [9.17, 15) is 4.79 Å². The van der Waals surface area contributed by atoms with E-state index in [0.717, 1.165) is 0 Å². The van der Waals surface area contributed by atoms with Gasteiger partial charge >= 0.3 is 5.69 Å². The smallest absolute Gasteiger partial charge is 0.348 e. The van der Waals surface area contributed by atoms with Crippen LogP contribution in [0.5, 0.6) is 5.75 Å². The van der Waals surface area contributed by atoms with Crippen LogP contribution in [-0.4, -0.2) is 21.9 Å². The van der Waals surface area contributed by atoms with Crippen molar-refractivity contribution in [1.82, 2.24) is 14.8 Å². The molecule has 1 aromatic carbocycles. The molecule has 0 fully saturated rings. The van der Waals surface area contributed by atoms with Crippen LogP contribution in [0, 0.1) is 0 Å². The van der Waals surface area contributed by atoms with Gasteiger partial charge in [-0.25, -0.2) is 4.79 Å². The third-order valence-corrected chi connectivity index (χ3v) is 2.63. The molecule has 5 nitrogen and oxygen atoms in total. The molecule has 1 heterocycles. The lowest BCUT2D eigenvalue weighted by atomic mass is 9.96. The monoisotopic (exact) mass is 247 g/mol. The van der Waals surface area contributed by atoms with E-state index in [2.05, 4.69) is 10.1 Å². The van der Waals surface area contributed by atoms with E-state index >= 15 is 0 Å². The van der Waals surface area contributed by atoms with E-state index < -0.39 is 0 Å². The minimum atomic E-state index is -0.242. The van der Waals surface area contributed by atoms with Gasteiger partial charge in [0.15, 0.2) is 0 Å². The average molecular weight is 247 g/mol. The second-order valence-corrected chi connectivity index (χ2v) is 5.14. The van der Waals surface area contributed by atoms with Gasteiger partial charge in [-0.1, -0.05) is 26.8 Å². The van der Waals surface area contributed by atoms with Crippen LogP contribution in [0.1, 0.15) is 26.6 Å². The first kappa shape index (κ1) is 12.4. The first-order valence-electron chi connectivity index (χ1n) is 5.76. The van der Waals surface area contributed by atoms with Crippen molar-refractivity contribution in [1.29, 1.82) is 0 Å². The number of hydrogen-bond acceptors (Lipinski definition) is 3. The van der Waals surface area contributed by atoms with E-state index in [1.807, 2.05) is 39.0 Å². The molecule has 0 radical (unpaired) electrons. The number of benzene rings is 1. The Kier molecular flexibility index (Phi) is 2.98. The number of nitrogens with one attached hydrogen (secondary N) is 1. The zero-order valence-corrected chi connectivity index (χ0v) is 11.0. The number of aromatic nitrogens is 3. The summed E-state index contributed by atoms with van der Waals surface area (Å²) in [5.41, 5.74) is 0.253. The van der Waals surface area contributed by atoms with Crippen LogP contribution in [0.25, 0.3) is 5.69 Å². The molecule has 2 rings (SSSR count). The van der Waals surface area contributed by atoms with E-state index in [-0.39, 0.29) is 11.1 Å². The first-order valence-corrected chi connectivity index (χ1v) is 5.76. The van der Waals surface area contributed by atoms with Crippen molar-refractivity contribution >= 4 is 0 Å². The summed E-state index contributed by atoms with van der Waals surface area (Å²) in [6.07, 6.45) is 0. The number of methoxy groups -OCH3 is 1. The van der Waals surface area contributed by atoms with Crippen LogP contribution in [0.15, 0.2) is 29.1 Å². The molecule has 0 unspecified atom stereocenters. The molecule has 0 aliphatic carbocycles. The minimum absolute atomic E-state index is 0.191. The third kappa shape index (κ3) is 2.30. The molecular weight excluding hydrogens is 230 g/mol. The van der Waals surface area contributed by atoms with Crippen LogP contribution in [0.3, 0.4) is 0 Å². The normalized spacial score (nSPS) is 11.6. The number of ether oxygens (including phenoxy) is 1. The van der Waals surface area contributed by atoms with Crippen LogP contribution in [-0.2, 0) is 5.41 Å². The lowest BCUT2D eigenvalue weighted by Gasteiger charge is -2.13. The van der Waals surface area contributed by atoms with Crippen LogP contribution >= 0.6 is 0 Å². The van der Waals surface area contributed by atoms with Gasteiger partial charge in [0.05, 0.1) is 12.8 Å². The van der Waals surface area contributed by atoms with Crippen molar-refractivity contribution in [2.45, 2.75) is 26.2 Å². The fourth-order valence-corrected chi connectivity index (χ4v) is 1.58. The highest BCUT2D eigenvalue weighted by atomic mass is 16.5. The summed E-state index contributed by atoms with van der Waals surface area (Å²) < 4.78 is 6.49. The third-order valence-electron chi connectivity index (χ3n) is 2.63. The molecule has 1 N–H and O–H groups in total. The van der Waals surface area contributed by atoms with Crippen LogP contribution in [0.2, 0.25) is 0 Å². The standard InChI is InChI=1S/C13H17N3O2/c1-13(2,3)11-14-12(17)16(15-11)9-6-5-7-10(8-9)18-4/h5-8H,1-4H3,(H,14,15,17). The number of nitrogens with zero attached hydrogens (tertiary/aromatic N) is 2. The fraction of sp³-hybridized carbons (Fsp3) is 0.385. The molecule has 0 amide bonds. The topological polar surface area (TPSA) is 59.9 Å². The van der Waals surface area contributed by atoms with Gasteiger partial charge in [-0.3, -0.25) is 4.98 Å². The molecule has 0 saturated carbocycles. The summed E-state index contributed by atoms with van der Waals surface area (Å²) in [5, 5.41) is 4.32. The lowest BCUT2D eigenvalue weighted by Crippen LogP contribution is -2.16. The zero-order chi connectivity index (χ0) is 13.3. The largest absolute Gasteiger partial charge is 0.497 e. The Morgan fingerprint density at radius 1 is 1.33 bits per heavy atom. The van der Waals surface area contributed by atoms with Gasteiger partial charge in [0.25, 0.3) is 0 Å². The minimum Gasteiger partial charge on any atom is -0.497 e. The Morgan fingerprint density at radius 3 is 2.61 bits per heavy atom. The first-order chi connectivity index (χ1) is 8.41. The molecule has 0 aliphatic rings. The summed E-state index contributed by atoms with van der Waals surface area (Å²) in [4.78, 5) is 14.7. The summed E-state index contributed by atoms with van der Waals surface area (Å²) in [7, 11) is 1.59. The van der Waals surface area contributed by atoms with Crippen molar-refractivity contribution < 1.29 is 4.74 Å². The fourth-order valence-electron chi connectivity index (χ4n) is 1.58. The molecule has 0 spiro atoms. The van der Waals surface area contributed by atoms with Gasteiger partial charge in [-0.2, -0.15) is 4.68 Å². The maximum absolute atomic E-state index is 11.9. The highest BCUT2D eigenvalue weighted by Gasteiger charge is 2.20. The molecular formula is C13H17N3O2. The second-order valence-electron chi connectivity index (χ2n) is 5.14. The number of hydrogen-bond donors (Lipinski definition) is 1. The van der Waals surface area contributed by atoms with Gasteiger partial charge in [0.2, 0.25) is 0 Å². The SMILES string of the molecule is COc1cccc(-n2nc(C(C)(C)C)[nH]c2=O)c1. The van der Waals surface area contributed by atoms with Crippen molar-refractivity contribution in [3.05, 3.63) is 40.6 Å². The number of H-pyrrole nitrogens is 1. The lowest BCUT2D eigenvalue weighted by molar-refractivity contribution is 0.414. The van der Waals surface area contributed by atoms with E-state index in [1.165, 1.54) is 4.68 Å². The highest BCUT2D eigenvalue weighted by Crippen LogP contribution is 2.18. The second kappa shape index (κ2) is 4.33. The van der Waals surface area contributed by atoms with E-state index in [1.54, 1.807) is 13.2 Å². The summed E-state index contributed by atoms with van der Waals surface area (Å²) >= 11 is 0. The predicted octanol–water partition coefficient (Wildman–Crippen LogP) is 1.87. The van der Waals surface area contributed by atoms with Crippen molar-refractivity contribution in [3.8, 4) is 11.4 Å². The Hall–Kier alpha value is -2.04. The summed E-state index contributed by atoms with van der Waals surface area (Å²) in [6.45, 7) is 6.00. The summed E-state index contributed by atoms with van der Waals surface area (Å²) in [6, 6.07) is 7.24.